The van der Waals surface area contributed by atoms with E-state index in [1.807, 2.05) is 30.3 Å². The van der Waals surface area contributed by atoms with Crippen LogP contribution in [0.4, 0.5) is 0 Å². The Kier molecular flexibility index (Phi) is 4.18. The normalized spacial score (nSPS) is 25.3. The summed E-state index contributed by atoms with van der Waals surface area (Å²) in [6.45, 7) is 3.85. The predicted molar refractivity (Wildman–Crippen MR) is 89.8 cm³/mol. The summed E-state index contributed by atoms with van der Waals surface area (Å²) in [7, 11) is 0. The Morgan fingerprint density at radius 1 is 1.17 bits per heavy atom. The summed E-state index contributed by atoms with van der Waals surface area (Å²) in [6.07, 6.45) is 1.14. The molecule has 6 heteroatoms. The average molecular weight is 327 g/mol. The first-order valence-corrected chi connectivity index (χ1v) is 8.37. The second kappa shape index (κ2) is 6.47. The van der Waals surface area contributed by atoms with Crippen molar-refractivity contribution in [3.63, 3.8) is 0 Å². The van der Waals surface area contributed by atoms with Gasteiger partial charge in [-0.1, -0.05) is 24.3 Å². The Labute approximate surface area is 140 Å². The summed E-state index contributed by atoms with van der Waals surface area (Å²) in [4.78, 5) is 21.2. The van der Waals surface area contributed by atoms with Crippen LogP contribution in [-0.4, -0.2) is 77.3 Å². The number of carbonyl (C=O) groups is 1. The summed E-state index contributed by atoms with van der Waals surface area (Å²) < 4.78 is 5.37. The van der Waals surface area contributed by atoms with Crippen molar-refractivity contribution >= 4 is 16.7 Å². The molecule has 6 nitrogen and oxygen atoms in total. The van der Waals surface area contributed by atoms with Gasteiger partial charge in [0.25, 0.3) is 5.91 Å². The first-order chi connectivity index (χ1) is 11.7. The van der Waals surface area contributed by atoms with E-state index < -0.39 is 6.10 Å². The number of rotatable bonds is 2. The van der Waals surface area contributed by atoms with E-state index >= 15 is 0 Å². The Morgan fingerprint density at radius 3 is 2.79 bits per heavy atom. The molecule has 1 aromatic carbocycles. The molecule has 24 heavy (non-hydrogen) atoms. The second-order valence-electron chi connectivity index (χ2n) is 6.37. The standard InChI is InChI=1S/C18H21N3O3/c22-16-12-21(11-15(16)20-7-9-24-10-8-20)18(23)17-14-4-2-1-3-13(14)5-6-19-17/h1-6,15-16,22H,7-12H2/t15-,16-/m1/s1. The van der Waals surface area contributed by atoms with E-state index in [0.29, 0.717) is 32.0 Å². The molecule has 2 atom stereocenters. The Balaban J connectivity index is 1.56. The molecule has 1 aromatic heterocycles. The number of morpholine rings is 1. The topological polar surface area (TPSA) is 65.9 Å². The molecule has 0 saturated carbocycles. The lowest BCUT2D eigenvalue weighted by Crippen LogP contribution is -2.49. The number of amides is 1. The molecule has 0 radical (unpaired) electrons. The van der Waals surface area contributed by atoms with Crippen LogP contribution in [0.25, 0.3) is 10.8 Å². The van der Waals surface area contributed by atoms with Crippen LogP contribution < -0.4 is 0 Å². The van der Waals surface area contributed by atoms with Crippen LogP contribution in [0.2, 0.25) is 0 Å². The number of likely N-dealkylation sites (tertiary alicyclic amines) is 1. The van der Waals surface area contributed by atoms with Gasteiger partial charge in [0.1, 0.15) is 5.69 Å². The monoisotopic (exact) mass is 327 g/mol. The summed E-state index contributed by atoms with van der Waals surface area (Å²) in [5.41, 5.74) is 0.461. The molecular weight excluding hydrogens is 306 g/mol. The van der Waals surface area contributed by atoms with Crippen LogP contribution in [0, 0.1) is 0 Å². The number of hydrogen-bond acceptors (Lipinski definition) is 5. The van der Waals surface area contributed by atoms with Crippen molar-refractivity contribution < 1.29 is 14.6 Å². The number of benzene rings is 1. The highest BCUT2D eigenvalue weighted by atomic mass is 16.5. The van der Waals surface area contributed by atoms with Gasteiger partial charge in [-0.25, -0.2) is 0 Å². The maximum absolute atomic E-state index is 12.9. The third-order valence-corrected chi connectivity index (χ3v) is 4.94. The SMILES string of the molecule is O=C(c1nccc2ccccc12)N1C[C@@H](O)[C@H](N2CCOCC2)C1. The summed E-state index contributed by atoms with van der Waals surface area (Å²) in [6, 6.07) is 9.64. The van der Waals surface area contributed by atoms with E-state index in [1.165, 1.54) is 0 Å². The van der Waals surface area contributed by atoms with Crippen molar-refractivity contribution in [2.75, 3.05) is 39.4 Å². The molecule has 2 aromatic rings. The first-order valence-electron chi connectivity index (χ1n) is 8.37. The van der Waals surface area contributed by atoms with Crippen molar-refractivity contribution in [1.82, 2.24) is 14.8 Å². The second-order valence-corrected chi connectivity index (χ2v) is 6.37. The highest BCUT2D eigenvalue weighted by molar-refractivity contribution is 6.05. The van der Waals surface area contributed by atoms with E-state index in [1.54, 1.807) is 11.1 Å². The maximum Gasteiger partial charge on any atom is 0.273 e. The quantitative estimate of drug-likeness (QED) is 0.882. The number of aliphatic hydroxyl groups is 1. The zero-order chi connectivity index (χ0) is 16.5. The van der Waals surface area contributed by atoms with Crippen LogP contribution >= 0.6 is 0 Å². The number of pyridine rings is 1. The molecule has 126 valence electrons. The van der Waals surface area contributed by atoms with Gasteiger partial charge < -0.3 is 14.7 Å². The minimum absolute atomic E-state index is 0.0205. The van der Waals surface area contributed by atoms with Crippen LogP contribution in [0.3, 0.4) is 0 Å². The van der Waals surface area contributed by atoms with Gasteiger partial charge in [0.15, 0.2) is 0 Å². The van der Waals surface area contributed by atoms with Crippen LogP contribution in [0.15, 0.2) is 36.5 Å². The molecule has 2 saturated heterocycles. The molecule has 1 amide bonds. The fourth-order valence-corrected chi connectivity index (χ4v) is 3.64. The molecule has 2 aliphatic rings. The number of ether oxygens (including phenoxy) is 1. The Bertz CT molecular complexity index is 740. The zero-order valence-electron chi connectivity index (χ0n) is 13.5. The van der Waals surface area contributed by atoms with Gasteiger partial charge in [0, 0.05) is 37.8 Å². The number of fused-ring (bicyclic) bond motifs is 1. The lowest BCUT2D eigenvalue weighted by atomic mass is 10.1. The number of aromatic nitrogens is 1. The van der Waals surface area contributed by atoms with Gasteiger partial charge in [-0.3, -0.25) is 14.7 Å². The molecule has 2 fully saturated rings. The molecule has 0 bridgehead atoms. The van der Waals surface area contributed by atoms with E-state index in [9.17, 15) is 9.90 Å². The third-order valence-electron chi connectivity index (χ3n) is 4.94. The highest BCUT2D eigenvalue weighted by Crippen LogP contribution is 2.22. The van der Waals surface area contributed by atoms with Crippen molar-refractivity contribution in [3.8, 4) is 0 Å². The molecular formula is C18H21N3O3. The fraction of sp³-hybridized carbons (Fsp3) is 0.444. The summed E-state index contributed by atoms with van der Waals surface area (Å²) >= 11 is 0. The molecule has 0 spiro atoms. The lowest BCUT2D eigenvalue weighted by molar-refractivity contribution is -0.00611. The van der Waals surface area contributed by atoms with Gasteiger partial charge in [-0.05, 0) is 11.5 Å². The van der Waals surface area contributed by atoms with Crippen molar-refractivity contribution in [3.05, 3.63) is 42.2 Å². The van der Waals surface area contributed by atoms with E-state index in [4.69, 9.17) is 4.74 Å². The third kappa shape index (κ3) is 2.77. The Hall–Kier alpha value is -2.02. The predicted octanol–water partition coefficient (Wildman–Crippen LogP) is 0.752. The smallest absolute Gasteiger partial charge is 0.273 e. The Morgan fingerprint density at radius 2 is 1.96 bits per heavy atom. The zero-order valence-corrected chi connectivity index (χ0v) is 13.5. The lowest BCUT2D eigenvalue weighted by Gasteiger charge is -2.33. The molecule has 0 unspecified atom stereocenters. The number of β-amino-alcohol motifs (C(OH)–C–C–N with tert-alkyl or cyclic N) is 1. The van der Waals surface area contributed by atoms with E-state index in [0.717, 1.165) is 23.9 Å². The number of hydrogen-bond donors (Lipinski definition) is 1. The number of aliphatic hydroxyl groups excluding tert-OH is 1. The molecule has 4 rings (SSSR count). The minimum Gasteiger partial charge on any atom is -0.390 e. The van der Waals surface area contributed by atoms with Crippen molar-refractivity contribution in [2.45, 2.75) is 12.1 Å². The van der Waals surface area contributed by atoms with Gasteiger partial charge in [-0.2, -0.15) is 0 Å². The minimum atomic E-state index is -0.526. The molecule has 2 aliphatic heterocycles. The molecule has 0 aliphatic carbocycles. The van der Waals surface area contributed by atoms with E-state index in [2.05, 4.69) is 9.88 Å². The number of carbonyl (C=O) groups excluding carboxylic acids is 1. The van der Waals surface area contributed by atoms with Crippen LogP contribution in [0.1, 0.15) is 10.5 Å². The summed E-state index contributed by atoms with van der Waals surface area (Å²) in [5, 5.41) is 12.3. The summed E-state index contributed by atoms with van der Waals surface area (Å²) in [5.74, 6) is -0.110. The fourth-order valence-electron chi connectivity index (χ4n) is 3.64. The van der Waals surface area contributed by atoms with E-state index in [-0.39, 0.29) is 11.9 Å². The van der Waals surface area contributed by atoms with Crippen molar-refractivity contribution in [1.29, 1.82) is 0 Å². The van der Waals surface area contributed by atoms with Crippen molar-refractivity contribution in [2.24, 2.45) is 0 Å². The highest BCUT2D eigenvalue weighted by Gasteiger charge is 2.38. The van der Waals surface area contributed by atoms with Crippen LogP contribution in [0.5, 0.6) is 0 Å². The number of nitrogens with zero attached hydrogens (tertiary/aromatic N) is 3. The molecule has 3 heterocycles. The van der Waals surface area contributed by atoms with Gasteiger partial charge >= 0.3 is 0 Å². The first kappa shape index (κ1) is 15.5. The largest absolute Gasteiger partial charge is 0.390 e. The maximum atomic E-state index is 12.9. The van der Waals surface area contributed by atoms with Gasteiger partial charge in [-0.15, -0.1) is 0 Å². The average Bonchev–Trinajstić information content (AvgIpc) is 3.03. The van der Waals surface area contributed by atoms with Crippen LogP contribution in [-0.2, 0) is 4.74 Å². The van der Waals surface area contributed by atoms with Gasteiger partial charge in [0.2, 0.25) is 0 Å². The van der Waals surface area contributed by atoms with Gasteiger partial charge in [0.05, 0.1) is 25.4 Å². The molecule has 1 N–H and O–H groups in total.